The lowest BCUT2D eigenvalue weighted by Crippen LogP contribution is -2.39. The van der Waals surface area contributed by atoms with Gasteiger partial charge < -0.3 is 4.90 Å². The lowest BCUT2D eigenvalue weighted by atomic mass is 9.92. The number of amides is 1. The smallest absolute Gasteiger partial charge is 0.223 e. The van der Waals surface area contributed by atoms with E-state index >= 15 is 0 Å². The number of hydrogen-bond donors (Lipinski definition) is 0. The molecule has 3 rings (SSSR count). The average Bonchev–Trinajstić information content (AvgIpc) is 3.14. The third-order valence-corrected chi connectivity index (χ3v) is 5.32. The van der Waals surface area contributed by atoms with E-state index in [0.717, 1.165) is 18.5 Å². The summed E-state index contributed by atoms with van der Waals surface area (Å²) >= 11 is 1.59. The van der Waals surface area contributed by atoms with Crippen molar-refractivity contribution in [1.82, 2.24) is 9.88 Å². The first-order valence-corrected chi connectivity index (χ1v) is 8.84. The predicted molar refractivity (Wildman–Crippen MR) is 90.0 cm³/mol. The molecule has 116 valence electrons. The molecule has 1 aromatic carbocycles. The molecule has 0 radical (unpaired) electrons. The molecule has 2 aromatic rings. The number of aryl methyl sites for hydroxylation is 1. The van der Waals surface area contributed by atoms with Gasteiger partial charge in [-0.05, 0) is 32.3 Å². The molecule has 0 saturated carbocycles. The molecule has 1 saturated heterocycles. The van der Waals surface area contributed by atoms with Gasteiger partial charge in [0.25, 0.3) is 0 Å². The summed E-state index contributed by atoms with van der Waals surface area (Å²) in [6, 6.07) is 11.1. The zero-order chi connectivity index (χ0) is 15.5. The fourth-order valence-electron chi connectivity index (χ4n) is 3.59. The van der Waals surface area contributed by atoms with Crippen LogP contribution in [0.5, 0.6) is 0 Å². The van der Waals surface area contributed by atoms with E-state index in [1.165, 1.54) is 5.56 Å². The van der Waals surface area contributed by atoms with Gasteiger partial charge in [0.05, 0.1) is 11.2 Å². The summed E-state index contributed by atoms with van der Waals surface area (Å²) in [6.07, 6.45) is 2.35. The average molecular weight is 314 g/mol. The van der Waals surface area contributed by atoms with Gasteiger partial charge in [0.2, 0.25) is 5.91 Å². The number of carbonyl (C=O) groups excluding carboxylic acids is 1. The van der Waals surface area contributed by atoms with Crippen molar-refractivity contribution in [3.63, 3.8) is 0 Å². The Hall–Kier alpha value is -1.68. The second-order valence-electron chi connectivity index (χ2n) is 6.12. The van der Waals surface area contributed by atoms with Crippen molar-refractivity contribution in [1.29, 1.82) is 0 Å². The van der Waals surface area contributed by atoms with Crippen molar-refractivity contribution in [3.8, 4) is 0 Å². The van der Waals surface area contributed by atoms with E-state index < -0.39 is 0 Å². The molecule has 0 unspecified atom stereocenters. The summed E-state index contributed by atoms with van der Waals surface area (Å²) in [6.45, 7) is 4.35. The molecule has 2 heterocycles. The minimum atomic E-state index is 0.256. The van der Waals surface area contributed by atoms with Crippen LogP contribution in [-0.4, -0.2) is 27.9 Å². The molecule has 1 aliphatic heterocycles. The molecule has 1 aliphatic rings. The Bertz CT molecular complexity index is 611. The maximum atomic E-state index is 12.6. The Kier molecular flexibility index (Phi) is 4.57. The Morgan fingerprint density at radius 1 is 1.32 bits per heavy atom. The van der Waals surface area contributed by atoms with E-state index in [1.54, 1.807) is 11.3 Å². The summed E-state index contributed by atoms with van der Waals surface area (Å²) in [5.74, 6) is 0.700. The van der Waals surface area contributed by atoms with Crippen LogP contribution >= 0.6 is 11.3 Å². The highest BCUT2D eigenvalue weighted by Crippen LogP contribution is 2.37. The molecular formula is C18H22N2OS. The molecule has 1 fully saturated rings. The largest absolute Gasteiger partial charge is 0.337 e. The second-order valence-corrected chi connectivity index (χ2v) is 6.84. The van der Waals surface area contributed by atoms with Crippen LogP contribution in [0.4, 0.5) is 0 Å². The summed E-state index contributed by atoms with van der Waals surface area (Å²) in [7, 11) is 0. The summed E-state index contributed by atoms with van der Waals surface area (Å²) < 4.78 is 0. The van der Waals surface area contributed by atoms with Crippen molar-refractivity contribution in [2.24, 2.45) is 0 Å². The molecule has 3 atom stereocenters. The molecule has 4 heteroatoms. The van der Waals surface area contributed by atoms with Crippen LogP contribution in [0.3, 0.4) is 0 Å². The van der Waals surface area contributed by atoms with Crippen LogP contribution in [0.1, 0.15) is 43.9 Å². The number of benzene rings is 1. The summed E-state index contributed by atoms with van der Waals surface area (Å²) in [5.41, 5.74) is 4.20. The van der Waals surface area contributed by atoms with Gasteiger partial charge >= 0.3 is 0 Å². The Morgan fingerprint density at radius 2 is 2.09 bits per heavy atom. The van der Waals surface area contributed by atoms with Gasteiger partial charge in [-0.25, -0.2) is 4.98 Å². The van der Waals surface area contributed by atoms with Gasteiger partial charge in [0, 0.05) is 29.8 Å². The monoisotopic (exact) mass is 314 g/mol. The van der Waals surface area contributed by atoms with E-state index in [2.05, 4.69) is 48.0 Å². The molecule has 0 bridgehead atoms. The highest BCUT2D eigenvalue weighted by Gasteiger charge is 2.39. The van der Waals surface area contributed by atoms with Crippen LogP contribution < -0.4 is 0 Å². The van der Waals surface area contributed by atoms with Crippen LogP contribution in [-0.2, 0) is 11.2 Å². The topological polar surface area (TPSA) is 33.2 Å². The maximum absolute atomic E-state index is 12.6. The quantitative estimate of drug-likeness (QED) is 0.858. The molecular weight excluding hydrogens is 292 g/mol. The standard InChI is InChI=1S/C18H22N2OS/c1-13-10-17(15-6-4-3-5-7-15)14(2)20(13)18(21)9-8-16-11-22-12-19-16/h3-7,11-14,17H,8-10H2,1-2H3/t13-,14+,17+/m1/s1. The number of likely N-dealkylation sites (tertiary alicyclic amines) is 1. The number of thiazole rings is 1. The second kappa shape index (κ2) is 6.61. The Morgan fingerprint density at radius 3 is 2.77 bits per heavy atom. The fourth-order valence-corrected chi connectivity index (χ4v) is 4.18. The van der Waals surface area contributed by atoms with Gasteiger partial charge in [-0.15, -0.1) is 11.3 Å². The highest BCUT2D eigenvalue weighted by molar-refractivity contribution is 7.07. The van der Waals surface area contributed by atoms with Crippen molar-refractivity contribution >= 4 is 17.2 Å². The van der Waals surface area contributed by atoms with Gasteiger partial charge in [-0.2, -0.15) is 0 Å². The molecule has 22 heavy (non-hydrogen) atoms. The van der Waals surface area contributed by atoms with E-state index in [-0.39, 0.29) is 11.9 Å². The van der Waals surface area contributed by atoms with E-state index in [0.29, 0.717) is 18.4 Å². The van der Waals surface area contributed by atoms with E-state index in [4.69, 9.17) is 0 Å². The van der Waals surface area contributed by atoms with E-state index in [9.17, 15) is 4.79 Å². The normalized spacial score (nSPS) is 24.6. The molecule has 1 amide bonds. The first-order valence-electron chi connectivity index (χ1n) is 7.90. The van der Waals surface area contributed by atoms with Gasteiger partial charge in [0.1, 0.15) is 0 Å². The lowest BCUT2D eigenvalue weighted by Gasteiger charge is -2.28. The van der Waals surface area contributed by atoms with Crippen LogP contribution in [0.15, 0.2) is 41.2 Å². The number of hydrogen-bond acceptors (Lipinski definition) is 3. The zero-order valence-electron chi connectivity index (χ0n) is 13.1. The molecule has 0 spiro atoms. The highest BCUT2D eigenvalue weighted by atomic mass is 32.1. The Balaban J connectivity index is 1.67. The van der Waals surface area contributed by atoms with Crippen LogP contribution in [0, 0.1) is 0 Å². The van der Waals surface area contributed by atoms with Crippen LogP contribution in [0.2, 0.25) is 0 Å². The SMILES string of the molecule is C[C@@H]1C[C@H](c2ccccc2)[C@H](C)N1C(=O)CCc1cscn1. The zero-order valence-corrected chi connectivity index (χ0v) is 13.9. The Labute approximate surface area is 136 Å². The summed E-state index contributed by atoms with van der Waals surface area (Å²) in [4.78, 5) is 19.0. The maximum Gasteiger partial charge on any atom is 0.223 e. The molecule has 3 nitrogen and oxygen atoms in total. The predicted octanol–water partition coefficient (Wildman–Crippen LogP) is 3.87. The number of aromatic nitrogens is 1. The molecule has 0 N–H and O–H groups in total. The third kappa shape index (κ3) is 3.07. The first kappa shape index (κ1) is 15.2. The molecule has 1 aromatic heterocycles. The minimum Gasteiger partial charge on any atom is -0.337 e. The first-order chi connectivity index (χ1) is 10.7. The van der Waals surface area contributed by atoms with Crippen molar-refractivity contribution in [3.05, 3.63) is 52.5 Å². The van der Waals surface area contributed by atoms with Gasteiger partial charge in [-0.1, -0.05) is 30.3 Å². The number of nitrogens with zero attached hydrogens (tertiary/aromatic N) is 2. The lowest BCUT2D eigenvalue weighted by molar-refractivity contribution is -0.133. The van der Waals surface area contributed by atoms with Crippen molar-refractivity contribution in [2.75, 3.05) is 0 Å². The van der Waals surface area contributed by atoms with Crippen molar-refractivity contribution < 1.29 is 4.79 Å². The number of carbonyl (C=O) groups is 1. The third-order valence-electron chi connectivity index (χ3n) is 4.69. The fraction of sp³-hybridized carbons (Fsp3) is 0.444. The minimum absolute atomic E-state index is 0.256. The molecule has 0 aliphatic carbocycles. The van der Waals surface area contributed by atoms with Gasteiger partial charge in [0.15, 0.2) is 0 Å². The number of rotatable bonds is 4. The van der Waals surface area contributed by atoms with Gasteiger partial charge in [-0.3, -0.25) is 4.79 Å². The van der Waals surface area contributed by atoms with E-state index in [1.807, 2.05) is 17.0 Å². The van der Waals surface area contributed by atoms with Crippen molar-refractivity contribution in [2.45, 2.75) is 51.1 Å². The summed E-state index contributed by atoms with van der Waals surface area (Å²) in [5, 5.41) is 2.02. The van der Waals surface area contributed by atoms with Crippen LogP contribution in [0.25, 0.3) is 0 Å².